The number of non-ortho nitro benzene ring substituents is 1. The number of nitrogens with zero attached hydrogens (tertiary/aromatic N) is 2. The Balaban J connectivity index is 0.000000549. The fraction of sp³-hybridized carbons (Fsp3) is 0.333. The minimum absolute atomic E-state index is 0.121. The molecular weight excluding hydrogens is 312 g/mol. The normalized spacial score (nSPS) is 12.6. The van der Waals surface area contributed by atoms with Crippen LogP contribution < -0.4 is 0 Å². The summed E-state index contributed by atoms with van der Waals surface area (Å²) < 4.78 is 2.26. The zero-order valence-corrected chi connectivity index (χ0v) is 14.9. The maximum atomic E-state index is 10.8. The molecule has 0 amide bonds. The van der Waals surface area contributed by atoms with E-state index in [4.69, 9.17) is 0 Å². The molecule has 1 aromatic heterocycles. The maximum absolute atomic E-state index is 10.8. The zero-order valence-electron chi connectivity index (χ0n) is 14.9. The van der Waals surface area contributed by atoms with E-state index < -0.39 is 0 Å². The molecule has 0 aliphatic heterocycles. The van der Waals surface area contributed by atoms with E-state index in [0.29, 0.717) is 0 Å². The first-order valence-electron chi connectivity index (χ1n) is 9.01. The fourth-order valence-electron chi connectivity index (χ4n) is 2.85. The molecule has 1 aliphatic carbocycles. The third-order valence-electron chi connectivity index (χ3n) is 4.42. The van der Waals surface area contributed by atoms with E-state index in [9.17, 15) is 10.1 Å². The van der Waals surface area contributed by atoms with E-state index in [1.54, 1.807) is 12.1 Å². The van der Waals surface area contributed by atoms with Gasteiger partial charge >= 0.3 is 0 Å². The van der Waals surface area contributed by atoms with Crippen molar-refractivity contribution in [1.82, 2.24) is 4.57 Å². The molecule has 1 fully saturated rings. The predicted molar refractivity (Wildman–Crippen MR) is 103 cm³/mol. The summed E-state index contributed by atoms with van der Waals surface area (Å²) in [6.45, 7) is 5.13. The Morgan fingerprint density at radius 1 is 1.00 bits per heavy atom. The van der Waals surface area contributed by atoms with Crippen molar-refractivity contribution in [2.75, 3.05) is 0 Å². The molecule has 0 spiro atoms. The Kier molecular flexibility index (Phi) is 5.17. The fourth-order valence-corrected chi connectivity index (χ4v) is 2.85. The average molecular weight is 336 g/mol. The van der Waals surface area contributed by atoms with Crippen LogP contribution in [0.15, 0.2) is 48.5 Å². The molecule has 1 saturated carbocycles. The van der Waals surface area contributed by atoms with Crippen molar-refractivity contribution in [3.8, 4) is 11.3 Å². The summed E-state index contributed by atoms with van der Waals surface area (Å²) in [5.41, 5.74) is 4.75. The van der Waals surface area contributed by atoms with Crippen molar-refractivity contribution in [3.63, 3.8) is 0 Å². The van der Waals surface area contributed by atoms with Crippen LogP contribution in [0.25, 0.3) is 22.2 Å². The number of rotatable bonds is 4. The number of aryl methyl sites for hydroxylation is 2. The molecule has 0 saturated heterocycles. The van der Waals surface area contributed by atoms with Gasteiger partial charge in [-0.2, -0.15) is 0 Å². The van der Waals surface area contributed by atoms with Crippen molar-refractivity contribution < 1.29 is 4.92 Å². The molecule has 4 nitrogen and oxygen atoms in total. The highest BCUT2D eigenvalue weighted by Crippen LogP contribution is 2.30. The first-order valence-corrected chi connectivity index (χ1v) is 9.01. The van der Waals surface area contributed by atoms with Crippen molar-refractivity contribution in [2.45, 2.75) is 46.1 Å². The van der Waals surface area contributed by atoms with Gasteiger partial charge in [-0.25, -0.2) is 0 Å². The molecule has 0 bridgehead atoms. The number of aromatic nitrogens is 1. The average Bonchev–Trinajstić information content (AvgIpc) is 3.48. The van der Waals surface area contributed by atoms with Crippen molar-refractivity contribution in [1.29, 1.82) is 0 Å². The molecule has 1 aliphatic rings. The van der Waals surface area contributed by atoms with Gasteiger partial charge in [-0.3, -0.25) is 10.1 Å². The van der Waals surface area contributed by atoms with E-state index in [1.165, 1.54) is 35.7 Å². The van der Waals surface area contributed by atoms with Gasteiger partial charge in [0, 0.05) is 35.3 Å². The highest BCUT2D eigenvalue weighted by atomic mass is 16.6. The largest absolute Gasteiger partial charge is 0.341 e. The van der Waals surface area contributed by atoms with Crippen LogP contribution in [-0.4, -0.2) is 9.49 Å². The van der Waals surface area contributed by atoms with Crippen LogP contribution >= 0.6 is 0 Å². The second-order valence-corrected chi connectivity index (χ2v) is 6.39. The van der Waals surface area contributed by atoms with E-state index >= 15 is 0 Å². The summed E-state index contributed by atoms with van der Waals surface area (Å²) in [5, 5.41) is 12.0. The van der Waals surface area contributed by atoms with Gasteiger partial charge in [-0.15, -0.1) is 0 Å². The second kappa shape index (κ2) is 7.51. The van der Waals surface area contributed by atoms with E-state index in [0.717, 1.165) is 24.2 Å². The van der Waals surface area contributed by atoms with Crippen LogP contribution in [-0.2, 0) is 13.0 Å². The monoisotopic (exact) mass is 336 g/mol. The molecule has 0 unspecified atom stereocenters. The standard InChI is InChI=1S/C18H18N2O2.C3H6/c1-3-13-5-6-15-12-18(19(4-2)17(15)11-13)14-7-9-16(10-8-14)20(21)22;1-2-3-1/h5-12H,3-4H2,1-2H3;1-3H2. The zero-order chi connectivity index (χ0) is 17.8. The molecule has 0 radical (unpaired) electrons. The molecule has 0 atom stereocenters. The van der Waals surface area contributed by atoms with Crippen LogP contribution in [0, 0.1) is 10.1 Å². The van der Waals surface area contributed by atoms with Gasteiger partial charge < -0.3 is 4.57 Å². The number of benzene rings is 2. The summed E-state index contributed by atoms with van der Waals surface area (Å²) >= 11 is 0. The summed E-state index contributed by atoms with van der Waals surface area (Å²) in [5.74, 6) is 0. The van der Waals surface area contributed by atoms with Crippen LogP contribution in [0.5, 0.6) is 0 Å². The Labute approximate surface area is 148 Å². The molecule has 130 valence electrons. The van der Waals surface area contributed by atoms with Gasteiger partial charge in [0.05, 0.1) is 4.92 Å². The molecule has 1 heterocycles. The van der Waals surface area contributed by atoms with Gasteiger partial charge in [0.1, 0.15) is 0 Å². The van der Waals surface area contributed by atoms with Crippen molar-refractivity contribution in [2.24, 2.45) is 0 Å². The van der Waals surface area contributed by atoms with Crippen molar-refractivity contribution in [3.05, 3.63) is 64.2 Å². The molecule has 3 aromatic rings. The molecule has 4 rings (SSSR count). The third-order valence-corrected chi connectivity index (χ3v) is 4.42. The minimum Gasteiger partial charge on any atom is -0.341 e. The highest BCUT2D eigenvalue weighted by Gasteiger charge is 2.11. The van der Waals surface area contributed by atoms with Gasteiger partial charge in [-0.05, 0) is 48.7 Å². The number of fused-ring (bicyclic) bond motifs is 1. The molecule has 4 heteroatoms. The number of hydrogen-bond donors (Lipinski definition) is 0. The predicted octanol–water partition coefficient (Wildman–Crippen LogP) is 5.97. The van der Waals surface area contributed by atoms with Gasteiger partial charge in [0.25, 0.3) is 5.69 Å². The van der Waals surface area contributed by atoms with Crippen LogP contribution in [0.3, 0.4) is 0 Å². The smallest absolute Gasteiger partial charge is 0.269 e. The maximum Gasteiger partial charge on any atom is 0.269 e. The van der Waals surface area contributed by atoms with Crippen LogP contribution in [0.4, 0.5) is 5.69 Å². The summed E-state index contributed by atoms with van der Waals surface area (Å²) in [4.78, 5) is 10.4. The highest BCUT2D eigenvalue weighted by molar-refractivity contribution is 5.87. The van der Waals surface area contributed by atoms with E-state index in [1.807, 2.05) is 12.1 Å². The Morgan fingerprint density at radius 2 is 1.68 bits per heavy atom. The lowest BCUT2D eigenvalue weighted by Crippen LogP contribution is -1.97. The lowest BCUT2D eigenvalue weighted by atomic mass is 10.1. The third kappa shape index (κ3) is 3.90. The second-order valence-electron chi connectivity index (χ2n) is 6.39. The lowest BCUT2D eigenvalue weighted by molar-refractivity contribution is -0.384. The van der Waals surface area contributed by atoms with E-state index in [-0.39, 0.29) is 10.6 Å². The Hall–Kier alpha value is -2.62. The molecule has 0 N–H and O–H groups in total. The first kappa shape index (κ1) is 17.2. The Morgan fingerprint density at radius 3 is 2.20 bits per heavy atom. The van der Waals surface area contributed by atoms with E-state index in [2.05, 4.69) is 42.7 Å². The summed E-state index contributed by atoms with van der Waals surface area (Å²) in [6.07, 6.45) is 5.51. The molecule has 25 heavy (non-hydrogen) atoms. The van der Waals surface area contributed by atoms with Crippen LogP contribution in [0.1, 0.15) is 38.7 Å². The number of nitro benzene ring substituents is 1. The lowest BCUT2D eigenvalue weighted by Gasteiger charge is -2.08. The number of hydrogen-bond acceptors (Lipinski definition) is 2. The van der Waals surface area contributed by atoms with Gasteiger partial charge in [0.15, 0.2) is 0 Å². The van der Waals surface area contributed by atoms with Gasteiger partial charge in [-0.1, -0.05) is 38.3 Å². The summed E-state index contributed by atoms with van der Waals surface area (Å²) in [6, 6.07) is 15.4. The molecular formula is C21H24N2O2. The Bertz CT molecular complexity index is 874. The number of nitro groups is 1. The van der Waals surface area contributed by atoms with Crippen LogP contribution in [0.2, 0.25) is 0 Å². The molecule has 2 aromatic carbocycles. The SMILES string of the molecule is C1CC1.CCc1ccc2cc(-c3ccc([N+](=O)[O-])cc3)n(CC)c2c1. The quantitative estimate of drug-likeness (QED) is 0.435. The summed E-state index contributed by atoms with van der Waals surface area (Å²) in [7, 11) is 0. The topological polar surface area (TPSA) is 48.1 Å². The van der Waals surface area contributed by atoms with Gasteiger partial charge in [0.2, 0.25) is 0 Å². The minimum atomic E-state index is -0.368. The van der Waals surface area contributed by atoms with Crippen molar-refractivity contribution >= 4 is 16.6 Å². The first-order chi connectivity index (χ1) is 12.1.